The van der Waals surface area contributed by atoms with Crippen molar-refractivity contribution in [2.24, 2.45) is 0 Å². The van der Waals surface area contributed by atoms with Crippen LogP contribution in [0.1, 0.15) is 23.7 Å². The van der Waals surface area contributed by atoms with E-state index in [-0.39, 0.29) is 18.7 Å². The number of aryl methyl sites for hydroxylation is 1. The summed E-state index contributed by atoms with van der Waals surface area (Å²) in [5, 5.41) is 15.0. The maximum absolute atomic E-state index is 12.5. The first kappa shape index (κ1) is 19.8. The zero-order valence-electron chi connectivity index (χ0n) is 15.8. The molecule has 1 amide bonds. The minimum absolute atomic E-state index is 0.0417. The molecule has 5 nitrogen and oxygen atoms in total. The Morgan fingerprint density at radius 2 is 1.79 bits per heavy atom. The largest absolute Gasteiger partial charge is 0.480 e. The van der Waals surface area contributed by atoms with Gasteiger partial charge in [-0.2, -0.15) is 0 Å². The van der Waals surface area contributed by atoms with Gasteiger partial charge in [-0.25, -0.2) is 9.78 Å². The average molecular weight is 394 g/mol. The number of hydrogen-bond donors (Lipinski definition) is 2. The number of carbonyl (C=O) groups excluding carboxylic acids is 1. The lowest BCUT2D eigenvalue weighted by Crippen LogP contribution is -2.54. The van der Waals surface area contributed by atoms with Crippen molar-refractivity contribution < 1.29 is 14.7 Å². The molecule has 28 heavy (non-hydrogen) atoms. The van der Waals surface area contributed by atoms with Crippen LogP contribution in [0.25, 0.3) is 10.6 Å². The number of hydrogen-bond acceptors (Lipinski definition) is 4. The zero-order valence-corrected chi connectivity index (χ0v) is 16.6. The van der Waals surface area contributed by atoms with Gasteiger partial charge in [-0.1, -0.05) is 60.2 Å². The van der Waals surface area contributed by atoms with Gasteiger partial charge in [-0.05, 0) is 19.4 Å². The summed E-state index contributed by atoms with van der Waals surface area (Å²) in [7, 11) is 0. The van der Waals surface area contributed by atoms with Crippen LogP contribution in [0, 0.1) is 6.92 Å². The van der Waals surface area contributed by atoms with Crippen molar-refractivity contribution in [3.63, 3.8) is 0 Å². The van der Waals surface area contributed by atoms with Gasteiger partial charge in [-0.15, -0.1) is 11.3 Å². The minimum atomic E-state index is -1.38. The zero-order chi connectivity index (χ0) is 20.1. The van der Waals surface area contributed by atoms with Crippen LogP contribution in [0.15, 0.2) is 60.0 Å². The highest BCUT2D eigenvalue weighted by Crippen LogP contribution is 2.24. The van der Waals surface area contributed by atoms with E-state index < -0.39 is 11.5 Å². The van der Waals surface area contributed by atoms with Gasteiger partial charge < -0.3 is 10.4 Å². The molecule has 0 saturated carbocycles. The molecule has 1 heterocycles. The Hall–Kier alpha value is -2.99. The Morgan fingerprint density at radius 3 is 2.43 bits per heavy atom. The number of amides is 1. The third-order valence-corrected chi connectivity index (χ3v) is 5.42. The summed E-state index contributed by atoms with van der Waals surface area (Å²) in [5.41, 5.74) is 2.27. The molecule has 1 atom stereocenters. The van der Waals surface area contributed by atoms with Gasteiger partial charge in [0.05, 0.1) is 12.1 Å². The molecule has 0 spiro atoms. The Bertz CT molecular complexity index is 967. The molecule has 3 rings (SSSR count). The number of aromatic nitrogens is 1. The molecule has 6 heteroatoms. The Balaban J connectivity index is 1.68. The van der Waals surface area contributed by atoms with E-state index in [1.165, 1.54) is 23.8 Å². The SMILES string of the molecule is Cc1ccc(-c2nc(CC(=O)NC(C)(Cc3ccccc3)C(=O)O)cs2)cc1. The number of rotatable bonds is 7. The fourth-order valence-electron chi connectivity index (χ4n) is 2.91. The predicted molar refractivity (Wildman–Crippen MR) is 110 cm³/mol. The van der Waals surface area contributed by atoms with E-state index in [4.69, 9.17) is 0 Å². The highest BCUT2D eigenvalue weighted by Gasteiger charge is 2.35. The maximum Gasteiger partial charge on any atom is 0.329 e. The van der Waals surface area contributed by atoms with Gasteiger partial charge in [-0.3, -0.25) is 4.79 Å². The van der Waals surface area contributed by atoms with Crippen molar-refractivity contribution in [1.29, 1.82) is 0 Å². The van der Waals surface area contributed by atoms with Crippen molar-refractivity contribution in [3.8, 4) is 10.6 Å². The standard InChI is InChI=1S/C22H22N2O3S/c1-15-8-10-17(11-9-15)20-23-18(14-28-20)12-19(25)24-22(2,21(26)27)13-16-6-4-3-5-7-16/h3-11,14H,12-13H2,1-2H3,(H,24,25)(H,26,27). The fraction of sp³-hybridized carbons (Fsp3) is 0.227. The molecule has 0 radical (unpaired) electrons. The van der Waals surface area contributed by atoms with Gasteiger partial charge in [0.25, 0.3) is 0 Å². The number of benzene rings is 2. The molecule has 0 saturated heterocycles. The van der Waals surface area contributed by atoms with Gasteiger partial charge in [0.15, 0.2) is 0 Å². The molecule has 144 valence electrons. The average Bonchev–Trinajstić information content (AvgIpc) is 3.11. The number of nitrogens with zero attached hydrogens (tertiary/aromatic N) is 1. The molecule has 1 unspecified atom stereocenters. The number of aliphatic carboxylic acids is 1. The van der Waals surface area contributed by atoms with E-state index in [2.05, 4.69) is 10.3 Å². The van der Waals surface area contributed by atoms with Crippen molar-refractivity contribution in [1.82, 2.24) is 10.3 Å². The third kappa shape index (κ3) is 4.84. The molecule has 2 aromatic carbocycles. The number of carboxylic acids is 1. The molecule has 0 bridgehead atoms. The van der Waals surface area contributed by atoms with Crippen molar-refractivity contribution >= 4 is 23.2 Å². The predicted octanol–water partition coefficient (Wildman–Crippen LogP) is 3.86. The quantitative estimate of drug-likeness (QED) is 0.638. The summed E-state index contributed by atoms with van der Waals surface area (Å²) >= 11 is 1.47. The third-order valence-electron chi connectivity index (χ3n) is 4.48. The van der Waals surface area contributed by atoms with Crippen LogP contribution in [0.2, 0.25) is 0 Å². The molecule has 3 aromatic rings. The summed E-state index contributed by atoms with van der Waals surface area (Å²) in [6, 6.07) is 17.3. The van der Waals surface area contributed by atoms with Crippen LogP contribution in [0.3, 0.4) is 0 Å². The summed E-state index contributed by atoms with van der Waals surface area (Å²) in [4.78, 5) is 28.8. The van der Waals surface area contributed by atoms with Crippen molar-refractivity contribution in [2.75, 3.05) is 0 Å². The second-order valence-corrected chi connectivity index (χ2v) is 7.89. The first-order valence-electron chi connectivity index (χ1n) is 8.95. The highest BCUT2D eigenvalue weighted by atomic mass is 32.1. The second kappa shape index (κ2) is 8.35. The summed E-state index contributed by atoms with van der Waals surface area (Å²) in [5.74, 6) is -1.43. The normalized spacial score (nSPS) is 12.9. The maximum atomic E-state index is 12.5. The lowest BCUT2D eigenvalue weighted by Gasteiger charge is -2.26. The summed E-state index contributed by atoms with van der Waals surface area (Å²) < 4.78 is 0. The number of thiazole rings is 1. The summed E-state index contributed by atoms with van der Waals surface area (Å²) in [6.07, 6.45) is 0.251. The van der Waals surface area contributed by atoms with Gasteiger partial charge in [0.1, 0.15) is 10.5 Å². The van der Waals surface area contributed by atoms with Gasteiger partial charge in [0.2, 0.25) is 5.91 Å². The van der Waals surface area contributed by atoms with Crippen LogP contribution < -0.4 is 5.32 Å². The number of carbonyl (C=O) groups is 2. The van der Waals surface area contributed by atoms with Gasteiger partial charge >= 0.3 is 5.97 Å². The second-order valence-electron chi connectivity index (χ2n) is 7.03. The lowest BCUT2D eigenvalue weighted by atomic mass is 9.92. The van der Waals surface area contributed by atoms with Crippen LogP contribution in [-0.2, 0) is 22.4 Å². The van der Waals surface area contributed by atoms with Crippen LogP contribution in [-0.4, -0.2) is 27.5 Å². The van der Waals surface area contributed by atoms with E-state index in [0.29, 0.717) is 5.69 Å². The lowest BCUT2D eigenvalue weighted by molar-refractivity contribution is -0.146. The molecule has 1 aromatic heterocycles. The number of carboxylic acid groups (broad SMARTS) is 1. The monoisotopic (exact) mass is 394 g/mol. The van der Waals surface area contributed by atoms with Gasteiger partial charge in [0, 0.05) is 17.4 Å². The van der Waals surface area contributed by atoms with Crippen LogP contribution in [0.5, 0.6) is 0 Å². The minimum Gasteiger partial charge on any atom is -0.480 e. The van der Waals surface area contributed by atoms with Crippen LogP contribution in [0.4, 0.5) is 0 Å². The smallest absolute Gasteiger partial charge is 0.329 e. The Labute approximate surface area is 168 Å². The van der Waals surface area contributed by atoms with E-state index in [1.807, 2.05) is 66.9 Å². The molecular weight excluding hydrogens is 372 g/mol. The molecule has 0 aliphatic carbocycles. The molecule has 2 N–H and O–H groups in total. The van der Waals surface area contributed by atoms with E-state index in [1.54, 1.807) is 0 Å². The number of nitrogens with one attached hydrogen (secondary N) is 1. The van der Waals surface area contributed by atoms with E-state index in [9.17, 15) is 14.7 Å². The highest BCUT2D eigenvalue weighted by molar-refractivity contribution is 7.13. The Morgan fingerprint density at radius 1 is 1.11 bits per heavy atom. The van der Waals surface area contributed by atoms with Crippen molar-refractivity contribution in [2.45, 2.75) is 32.2 Å². The molecular formula is C22H22N2O3S. The Kier molecular flexibility index (Phi) is 5.90. The topological polar surface area (TPSA) is 79.3 Å². The first-order chi connectivity index (χ1) is 13.4. The first-order valence-corrected chi connectivity index (χ1v) is 9.83. The van der Waals surface area contributed by atoms with E-state index in [0.717, 1.165) is 16.1 Å². The fourth-order valence-corrected chi connectivity index (χ4v) is 3.74. The van der Waals surface area contributed by atoms with E-state index >= 15 is 0 Å². The molecule has 0 aliphatic heterocycles. The van der Waals surface area contributed by atoms with Crippen LogP contribution >= 0.6 is 11.3 Å². The molecule has 0 aliphatic rings. The van der Waals surface area contributed by atoms with Crippen molar-refractivity contribution in [3.05, 3.63) is 76.8 Å². The summed E-state index contributed by atoms with van der Waals surface area (Å²) in [6.45, 7) is 3.55. The molecule has 0 fully saturated rings.